The average Bonchev–Trinajstić information content (AvgIpc) is 2.48. The fourth-order valence-corrected chi connectivity index (χ4v) is 1.98. The predicted molar refractivity (Wildman–Crippen MR) is 78.8 cm³/mol. The molecule has 0 unspecified atom stereocenters. The fraction of sp³-hybridized carbons (Fsp3) is 0.200. The van der Waals surface area contributed by atoms with E-state index in [0.717, 1.165) is 16.7 Å². The Balaban J connectivity index is 2.25. The van der Waals surface area contributed by atoms with E-state index in [1.807, 2.05) is 30.3 Å². The maximum absolute atomic E-state index is 11.2. The first-order chi connectivity index (χ1) is 9.61. The Bertz CT molecular complexity index is 626. The third kappa shape index (κ3) is 3.06. The predicted octanol–water partition coefficient (Wildman–Crippen LogP) is 2.02. The highest BCUT2D eigenvalue weighted by atomic mass is 16.5. The summed E-state index contributed by atoms with van der Waals surface area (Å²) in [6, 6.07) is 9.66. The Morgan fingerprint density at radius 2 is 2.10 bits per heavy atom. The molecule has 1 aromatic carbocycles. The molecule has 0 bridgehead atoms. The third-order valence-corrected chi connectivity index (χ3v) is 3.10. The topological polar surface area (TPSA) is 91.2 Å². The molecule has 0 aliphatic carbocycles. The van der Waals surface area contributed by atoms with Crippen LogP contribution in [0, 0.1) is 0 Å². The van der Waals surface area contributed by atoms with Crippen LogP contribution in [0.15, 0.2) is 36.5 Å². The van der Waals surface area contributed by atoms with Crippen LogP contribution in [0.5, 0.6) is 0 Å². The number of aromatic nitrogens is 1. The van der Waals surface area contributed by atoms with Crippen LogP contribution in [0.2, 0.25) is 0 Å². The maximum Gasteiger partial charge on any atom is 0.305 e. The molecule has 2 rings (SSSR count). The summed E-state index contributed by atoms with van der Waals surface area (Å²) in [6.07, 6.45) is 2.61. The van der Waals surface area contributed by atoms with Crippen molar-refractivity contribution in [1.82, 2.24) is 4.98 Å². The summed E-state index contributed by atoms with van der Waals surface area (Å²) in [5, 5.41) is 0. The van der Waals surface area contributed by atoms with Gasteiger partial charge in [0.1, 0.15) is 5.82 Å². The Morgan fingerprint density at radius 1 is 1.30 bits per heavy atom. The monoisotopic (exact) mass is 271 g/mol. The summed E-state index contributed by atoms with van der Waals surface area (Å²) in [5.74, 6) is 0.102. The summed E-state index contributed by atoms with van der Waals surface area (Å²) in [5.41, 5.74) is 15.0. The lowest BCUT2D eigenvalue weighted by Gasteiger charge is -2.09. The number of ether oxygens (including phenoxy) is 1. The number of hydrogen-bond donors (Lipinski definition) is 2. The number of nitrogen functional groups attached to an aromatic ring is 2. The second-order valence-corrected chi connectivity index (χ2v) is 4.43. The highest BCUT2D eigenvalue weighted by molar-refractivity contribution is 5.82. The molecule has 0 aliphatic rings. The van der Waals surface area contributed by atoms with Crippen LogP contribution in [0.1, 0.15) is 12.0 Å². The smallest absolute Gasteiger partial charge is 0.305 e. The lowest BCUT2D eigenvalue weighted by atomic mass is 10.0. The number of benzene rings is 1. The Labute approximate surface area is 117 Å². The molecule has 5 heteroatoms. The van der Waals surface area contributed by atoms with E-state index in [2.05, 4.69) is 9.72 Å². The molecule has 1 aromatic heterocycles. The van der Waals surface area contributed by atoms with Gasteiger partial charge >= 0.3 is 5.97 Å². The molecular weight excluding hydrogens is 254 g/mol. The zero-order valence-electron chi connectivity index (χ0n) is 11.3. The van der Waals surface area contributed by atoms with Crippen molar-refractivity contribution in [3.05, 3.63) is 42.1 Å². The van der Waals surface area contributed by atoms with Gasteiger partial charge in [0.25, 0.3) is 0 Å². The second kappa shape index (κ2) is 6.06. The summed E-state index contributed by atoms with van der Waals surface area (Å²) in [7, 11) is 1.39. The molecule has 104 valence electrons. The Hall–Kier alpha value is -2.56. The van der Waals surface area contributed by atoms with Crippen molar-refractivity contribution in [2.24, 2.45) is 0 Å². The fourth-order valence-electron chi connectivity index (χ4n) is 1.98. The van der Waals surface area contributed by atoms with Gasteiger partial charge in [-0.2, -0.15) is 0 Å². The quantitative estimate of drug-likeness (QED) is 0.830. The molecule has 0 saturated heterocycles. The van der Waals surface area contributed by atoms with Crippen molar-refractivity contribution >= 4 is 17.5 Å². The third-order valence-electron chi connectivity index (χ3n) is 3.10. The van der Waals surface area contributed by atoms with Crippen LogP contribution in [-0.2, 0) is 16.0 Å². The van der Waals surface area contributed by atoms with Crippen molar-refractivity contribution in [3.63, 3.8) is 0 Å². The highest BCUT2D eigenvalue weighted by Crippen LogP contribution is 2.29. The van der Waals surface area contributed by atoms with Gasteiger partial charge in [-0.15, -0.1) is 0 Å². The van der Waals surface area contributed by atoms with E-state index in [9.17, 15) is 4.79 Å². The number of hydrogen-bond acceptors (Lipinski definition) is 5. The SMILES string of the molecule is COC(=O)CCc1cccc(-c2ccnc(N)c2N)c1. The highest BCUT2D eigenvalue weighted by Gasteiger charge is 2.07. The number of esters is 1. The van der Waals surface area contributed by atoms with Gasteiger partial charge in [0.05, 0.1) is 12.8 Å². The number of carbonyl (C=O) groups is 1. The van der Waals surface area contributed by atoms with E-state index >= 15 is 0 Å². The normalized spacial score (nSPS) is 10.2. The first-order valence-electron chi connectivity index (χ1n) is 6.28. The summed E-state index contributed by atoms with van der Waals surface area (Å²) in [6.45, 7) is 0. The van der Waals surface area contributed by atoms with Gasteiger partial charge in [0.15, 0.2) is 0 Å². The standard InChI is InChI=1S/C15H17N3O2/c1-20-13(19)6-5-10-3-2-4-11(9-10)12-7-8-18-15(17)14(12)16/h2-4,7-9H,5-6,16H2,1H3,(H2,17,18). The van der Waals surface area contributed by atoms with Crippen LogP contribution in [0.3, 0.4) is 0 Å². The molecule has 4 N–H and O–H groups in total. The van der Waals surface area contributed by atoms with Gasteiger partial charge in [0.2, 0.25) is 0 Å². The number of nitrogens with zero attached hydrogens (tertiary/aromatic N) is 1. The molecule has 0 radical (unpaired) electrons. The number of nitrogens with two attached hydrogens (primary N) is 2. The molecule has 0 aliphatic heterocycles. The number of anilines is 2. The van der Waals surface area contributed by atoms with Gasteiger partial charge in [-0.3, -0.25) is 4.79 Å². The zero-order valence-corrected chi connectivity index (χ0v) is 11.3. The second-order valence-electron chi connectivity index (χ2n) is 4.43. The van der Waals surface area contributed by atoms with Gasteiger partial charge < -0.3 is 16.2 Å². The van der Waals surface area contributed by atoms with Crippen LogP contribution < -0.4 is 11.5 Å². The molecule has 5 nitrogen and oxygen atoms in total. The average molecular weight is 271 g/mol. The van der Waals surface area contributed by atoms with Crippen LogP contribution >= 0.6 is 0 Å². The summed E-state index contributed by atoms with van der Waals surface area (Å²) >= 11 is 0. The summed E-state index contributed by atoms with van der Waals surface area (Å²) in [4.78, 5) is 15.1. The molecule has 1 heterocycles. The van der Waals surface area contributed by atoms with Crippen molar-refractivity contribution in [1.29, 1.82) is 0 Å². The molecule has 0 amide bonds. The van der Waals surface area contributed by atoms with Crippen molar-refractivity contribution < 1.29 is 9.53 Å². The molecule has 0 fully saturated rings. The minimum atomic E-state index is -0.219. The van der Waals surface area contributed by atoms with E-state index in [1.54, 1.807) is 6.20 Å². The first-order valence-corrected chi connectivity index (χ1v) is 6.28. The van der Waals surface area contributed by atoms with E-state index in [-0.39, 0.29) is 5.97 Å². The van der Waals surface area contributed by atoms with Gasteiger partial charge in [0, 0.05) is 18.2 Å². The van der Waals surface area contributed by atoms with Crippen molar-refractivity contribution in [3.8, 4) is 11.1 Å². The van der Waals surface area contributed by atoms with Gasteiger partial charge in [-0.05, 0) is 23.6 Å². The molecule has 20 heavy (non-hydrogen) atoms. The van der Waals surface area contributed by atoms with Crippen LogP contribution in [0.4, 0.5) is 11.5 Å². The first kappa shape index (κ1) is 13.9. The minimum Gasteiger partial charge on any atom is -0.469 e. The minimum absolute atomic E-state index is 0.219. The largest absolute Gasteiger partial charge is 0.469 e. The molecule has 2 aromatic rings. The molecular formula is C15H17N3O2. The number of pyridine rings is 1. The van der Waals surface area contributed by atoms with Gasteiger partial charge in [-0.1, -0.05) is 24.3 Å². The molecule has 0 spiro atoms. The van der Waals surface area contributed by atoms with E-state index in [4.69, 9.17) is 11.5 Å². The van der Waals surface area contributed by atoms with Crippen LogP contribution in [-0.4, -0.2) is 18.1 Å². The molecule has 0 atom stereocenters. The lowest BCUT2D eigenvalue weighted by molar-refractivity contribution is -0.140. The zero-order chi connectivity index (χ0) is 14.5. The lowest BCUT2D eigenvalue weighted by Crippen LogP contribution is -2.02. The van der Waals surface area contributed by atoms with E-state index in [1.165, 1.54) is 7.11 Å². The van der Waals surface area contributed by atoms with Crippen molar-refractivity contribution in [2.45, 2.75) is 12.8 Å². The van der Waals surface area contributed by atoms with Crippen molar-refractivity contribution in [2.75, 3.05) is 18.6 Å². The Kier molecular flexibility index (Phi) is 4.20. The van der Waals surface area contributed by atoms with E-state index in [0.29, 0.717) is 24.3 Å². The van der Waals surface area contributed by atoms with Crippen LogP contribution in [0.25, 0.3) is 11.1 Å². The van der Waals surface area contributed by atoms with E-state index < -0.39 is 0 Å². The number of methoxy groups -OCH3 is 1. The summed E-state index contributed by atoms with van der Waals surface area (Å²) < 4.78 is 4.64. The number of carbonyl (C=O) groups excluding carboxylic acids is 1. The maximum atomic E-state index is 11.2. The number of aryl methyl sites for hydroxylation is 1. The molecule has 0 saturated carbocycles. The number of rotatable bonds is 4. The Morgan fingerprint density at radius 3 is 2.85 bits per heavy atom. The van der Waals surface area contributed by atoms with Gasteiger partial charge in [-0.25, -0.2) is 4.98 Å².